The Hall–Kier alpha value is -0.910. The van der Waals surface area contributed by atoms with Gasteiger partial charge < -0.3 is 10.4 Å². The molecular weight excluding hydrogens is 224 g/mol. The highest BCUT2D eigenvalue weighted by atomic mass is 32.1. The van der Waals surface area contributed by atoms with Crippen molar-refractivity contribution >= 4 is 17.3 Å². The van der Waals surface area contributed by atoms with Gasteiger partial charge in [-0.15, -0.1) is 0 Å². The van der Waals surface area contributed by atoms with E-state index in [1.165, 1.54) is 5.56 Å². The van der Waals surface area contributed by atoms with Crippen LogP contribution in [0.5, 0.6) is 0 Å². The zero-order valence-corrected chi connectivity index (χ0v) is 10.0. The van der Waals surface area contributed by atoms with Crippen molar-refractivity contribution in [2.75, 3.05) is 19.6 Å². The lowest BCUT2D eigenvalue weighted by molar-refractivity contribution is -0.145. The maximum absolute atomic E-state index is 11.2. The van der Waals surface area contributed by atoms with Crippen LogP contribution in [0, 0.1) is 0 Å². The van der Waals surface area contributed by atoms with Crippen molar-refractivity contribution in [2.45, 2.75) is 19.0 Å². The molecule has 0 radical (unpaired) electrons. The second-order valence-electron chi connectivity index (χ2n) is 4.03. The van der Waals surface area contributed by atoms with E-state index in [0.717, 1.165) is 13.1 Å². The molecule has 1 aromatic rings. The third kappa shape index (κ3) is 2.26. The Morgan fingerprint density at radius 3 is 3.19 bits per heavy atom. The van der Waals surface area contributed by atoms with Gasteiger partial charge in [0.05, 0.1) is 0 Å². The smallest absolute Gasteiger partial charge is 0.322 e. The predicted molar refractivity (Wildman–Crippen MR) is 63.7 cm³/mol. The van der Waals surface area contributed by atoms with E-state index in [1.807, 2.05) is 5.38 Å². The van der Waals surface area contributed by atoms with Crippen LogP contribution >= 0.6 is 11.3 Å². The van der Waals surface area contributed by atoms with Gasteiger partial charge in [0.25, 0.3) is 0 Å². The summed E-state index contributed by atoms with van der Waals surface area (Å²) in [6.07, 6.45) is 0. The molecule has 0 aromatic carbocycles. The first-order chi connectivity index (χ1) is 7.70. The molecule has 0 bridgehead atoms. The van der Waals surface area contributed by atoms with Crippen LogP contribution in [-0.4, -0.2) is 41.7 Å². The number of hydrogen-bond acceptors (Lipinski definition) is 4. The number of nitrogens with one attached hydrogen (secondary N) is 1. The molecule has 5 heteroatoms. The van der Waals surface area contributed by atoms with Gasteiger partial charge in [0.2, 0.25) is 0 Å². The van der Waals surface area contributed by atoms with E-state index < -0.39 is 12.0 Å². The minimum atomic E-state index is -0.741. The highest BCUT2D eigenvalue weighted by Crippen LogP contribution is 2.25. The van der Waals surface area contributed by atoms with Gasteiger partial charge in [-0.3, -0.25) is 9.69 Å². The summed E-state index contributed by atoms with van der Waals surface area (Å²) in [4.78, 5) is 13.2. The largest absolute Gasteiger partial charge is 0.480 e. The van der Waals surface area contributed by atoms with E-state index in [1.54, 1.807) is 11.3 Å². The van der Waals surface area contributed by atoms with Crippen LogP contribution in [0.3, 0.4) is 0 Å². The van der Waals surface area contributed by atoms with Gasteiger partial charge in [-0.05, 0) is 29.3 Å². The Kier molecular flexibility index (Phi) is 3.58. The van der Waals surface area contributed by atoms with Gasteiger partial charge in [0.1, 0.15) is 6.04 Å². The van der Waals surface area contributed by atoms with Gasteiger partial charge in [0.15, 0.2) is 0 Å². The quantitative estimate of drug-likeness (QED) is 0.832. The Morgan fingerprint density at radius 2 is 2.56 bits per heavy atom. The molecule has 0 spiro atoms. The summed E-state index contributed by atoms with van der Waals surface area (Å²) in [5.74, 6) is -0.741. The van der Waals surface area contributed by atoms with Crippen LogP contribution in [-0.2, 0) is 4.79 Å². The highest BCUT2D eigenvalue weighted by molar-refractivity contribution is 7.07. The van der Waals surface area contributed by atoms with E-state index in [-0.39, 0.29) is 6.04 Å². The molecule has 0 amide bonds. The van der Waals surface area contributed by atoms with E-state index in [4.69, 9.17) is 0 Å². The average Bonchev–Trinajstić information content (AvgIpc) is 2.81. The van der Waals surface area contributed by atoms with Gasteiger partial charge in [-0.25, -0.2) is 0 Å². The summed E-state index contributed by atoms with van der Waals surface area (Å²) in [5, 5.41) is 16.4. The van der Waals surface area contributed by atoms with E-state index in [9.17, 15) is 9.90 Å². The highest BCUT2D eigenvalue weighted by Gasteiger charge is 2.32. The minimum Gasteiger partial charge on any atom is -0.480 e. The SMILES string of the molecule is CC(c1ccsc1)N1CCNCC1C(=O)O. The van der Waals surface area contributed by atoms with Gasteiger partial charge >= 0.3 is 5.97 Å². The van der Waals surface area contributed by atoms with Crippen LogP contribution < -0.4 is 5.32 Å². The second kappa shape index (κ2) is 4.95. The second-order valence-corrected chi connectivity index (χ2v) is 4.81. The van der Waals surface area contributed by atoms with E-state index >= 15 is 0 Å². The van der Waals surface area contributed by atoms with Crippen molar-refractivity contribution in [1.29, 1.82) is 0 Å². The van der Waals surface area contributed by atoms with Crippen LogP contribution in [0.15, 0.2) is 16.8 Å². The molecule has 1 saturated heterocycles. The fourth-order valence-corrected chi connectivity index (χ4v) is 2.86. The zero-order valence-electron chi connectivity index (χ0n) is 9.22. The zero-order chi connectivity index (χ0) is 11.5. The monoisotopic (exact) mass is 240 g/mol. The number of rotatable bonds is 3. The number of thiophene rings is 1. The Labute approximate surface area is 98.9 Å². The number of aliphatic carboxylic acids is 1. The predicted octanol–water partition coefficient (Wildman–Crippen LogP) is 1.17. The lowest BCUT2D eigenvalue weighted by atomic mass is 10.1. The summed E-state index contributed by atoms with van der Waals surface area (Å²) in [6.45, 7) is 4.25. The maximum Gasteiger partial charge on any atom is 0.322 e. The first-order valence-electron chi connectivity index (χ1n) is 5.41. The van der Waals surface area contributed by atoms with E-state index in [0.29, 0.717) is 6.54 Å². The molecule has 16 heavy (non-hydrogen) atoms. The van der Waals surface area contributed by atoms with Crippen molar-refractivity contribution < 1.29 is 9.90 Å². The lowest BCUT2D eigenvalue weighted by Gasteiger charge is -2.37. The normalized spacial score (nSPS) is 24.2. The Morgan fingerprint density at radius 1 is 1.75 bits per heavy atom. The standard InChI is InChI=1S/C11H16N2O2S/c1-8(9-2-5-16-7-9)13-4-3-12-6-10(13)11(14)15/h2,5,7-8,10,12H,3-4,6H2,1H3,(H,14,15). The molecule has 2 N–H and O–H groups in total. The molecule has 1 aliphatic heterocycles. The summed E-state index contributed by atoms with van der Waals surface area (Å²) >= 11 is 1.65. The number of carbonyl (C=O) groups is 1. The summed E-state index contributed by atoms with van der Waals surface area (Å²) in [6, 6.07) is 1.83. The summed E-state index contributed by atoms with van der Waals surface area (Å²) in [7, 11) is 0. The summed E-state index contributed by atoms with van der Waals surface area (Å²) < 4.78 is 0. The number of carboxylic acids is 1. The molecule has 4 nitrogen and oxygen atoms in total. The fraction of sp³-hybridized carbons (Fsp3) is 0.545. The maximum atomic E-state index is 11.2. The number of carboxylic acid groups (broad SMARTS) is 1. The van der Waals surface area contributed by atoms with Gasteiger partial charge in [-0.1, -0.05) is 0 Å². The number of nitrogens with zero attached hydrogens (tertiary/aromatic N) is 1. The molecule has 2 heterocycles. The van der Waals surface area contributed by atoms with Crippen molar-refractivity contribution in [3.05, 3.63) is 22.4 Å². The van der Waals surface area contributed by atoms with Crippen LogP contribution in [0.4, 0.5) is 0 Å². The fourth-order valence-electron chi connectivity index (χ4n) is 2.12. The molecule has 2 rings (SSSR count). The molecule has 1 aliphatic rings. The molecule has 0 saturated carbocycles. The molecule has 88 valence electrons. The van der Waals surface area contributed by atoms with Crippen molar-refractivity contribution in [1.82, 2.24) is 10.2 Å². The molecule has 2 atom stereocenters. The van der Waals surface area contributed by atoms with Gasteiger partial charge in [0, 0.05) is 25.7 Å². The lowest BCUT2D eigenvalue weighted by Crippen LogP contribution is -2.55. The first kappa shape index (κ1) is 11.6. The third-order valence-electron chi connectivity index (χ3n) is 3.09. The molecule has 0 aliphatic carbocycles. The molecule has 1 fully saturated rings. The van der Waals surface area contributed by atoms with Gasteiger partial charge in [-0.2, -0.15) is 11.3 Å². The first-order valence-corrected chi connectivity index (χ1v) is 6.36. The van der Waals surface area contributed by atoms with Crippen molar-refractivity contribution in [3.63, 3.8) is 0 Å². The van der Waals surface area contributed by atoms with E-state index in [2.05, 4.69) is 28.6 Å². The van der Waals surface area contributed by atoms with Crippen LogP contribution in [0.25, 0.3) is 0 Å². The Balaban J connectivity index is 2.14. The minimum absolute atomic E-state index is 0.175. The van der Waals surface area contributed by atoms with Crippen molar-refractivity contribution in [2.24, 2.45) is 0 Å². The third-order valence-corrected chi connectivity index (χ3v) is 3.79. The molecule has 1 aromatic heterocycles. The number of hydrogen-bond donors (Lipinski definition) is 2. The van der Waals surface area contributed by atoms with Crippen LogP contribution in [0.2, 0.25) is 0 Å². The average molecular weight is 240 g/mol. The Bertz CT molecular complexity index is 353. The van der Waals surface area contributed by atoms with Crippen LogP contribution in [0.1, 0.15) is 18.5 Å². The summed E-state index contributed by atoms with van der Waals surface area (Å²) in [5.41, 5.74) is 1.21. The van der Waals surface area contributed by atoms with Crippen molar-refractivity contribution in [3.8, 4) is 0 Å². The molecule has 2 unspecified atom stereocenters. The molecular formula is C11H16N2O2S. The number of piperazine rings is 1. The topological polar surface area (TPSA) is 52.6 Å².